The molecule has 2 unspecified atom stereocenters. The maximum absolute atomic E-state index is 5.89. The standard InChI is InChI=1S/C23H28N4O2/c1-2-11-29-22-6-4-3-5-17(22)16-27-18-7-8-21(27)19-15-24-23(25-20(19)14-18)26-9-12-28-13-10-26/h2-6,15,18,21H,1,7-14,16H2. The van der Waals surface area contributed by atoms with Crippen molar-refractivity contribution >= 4 is 5.95 Å². The Bertz CT molecular complexity index is 881. The van der Waals surface area contributed by atoms with E-state index in [0.29, 0.717) is 18.7 Å². The summed E-state index contributed by atoms with van der Waals surface area (Å²) in [5.41, 5.74) is 3.78. The topological polar surface area (TPSA) is 50.7 Å². The highest BCUT2D eigenvalue weighted by Crippen LogP contribution is 2.44. The molecule has 0 spiro atoms. The molecule has 5 rings (SSSR count). The number of nitrogens with zero attached hydrogens (tertiary/aromatic N) is 4. The van der Waals surface area contributed by atoms with E-state index >= 15 is 0 Å². The normalized spacial score (nSPS) is 23.7. The van der Waals surface area contributed by atoms with Crippen molar-refractivity contribution in [1.82, 2.24) is 14.9 Å². The SMILES string of the molecule is C=CCOc1ccccc1CN1C2CCC1c1cnc(N3CCOCC3)nc1C2. The van der Waals surface area contributed by atoms with Crippen LogP contribution in [-0.2, 0) is 17.7 Å². The van der Waals surface area contributed by atoms with Crippen LogP contribution in [0.3, 0.4) is 0 Å². The number of morpholine rings is 1. The van der Waals surface area contributed by atoms with Crippen LogP contribution in [0.25, 0.3) is 0 Å². The van der Waals surface area contributed by atoms with Crippen molar-refractivity contribution < 1.29 is 9.47 Å². The number of aromatic nitrogens is 2. The van der Waals surface area contributed by atoms with E-state index in [9.17, 15) is 0 Å². The quantitative estimate of drug-likeness (QED) is 0.704. The minimum Gasteiger partial charge on any atom is -0.489 e. The highest BCUT2D eigenvalue weighted by atomic mass is 16.5. The molecular weight excluding hydrogens is 364 g/mol. The lowest BCUT2D eigenvalue weighted by Gasteiger charge is -2.36. The Hall–Kier alpha value is -2.44. The highest BCUT2D eigenvalue weighted by molar-refractivity contribution is 5.39. The average Bonchev–Trinajstić information content (AvgIpc) is 3.05. The summed E-state index contributed by atoms with van der Waals surface area (Å²) in [7, 11) is 0. The molecule has 2 aromatic rings. The Balaban J connectivity index is 1.37. The van der Waals surface area contributed by atoms with Gasteiger partial charge in [-0.15, -0.1) is 0 Å². The van der Waals surface area contributed by atoms with E-state index in [1.165, 1.54) is 29.7 Å². The van der Waals surface area contributed by atoms with Gasteiger partial charge in [0.2, 0.25) is 5.95 Å². The molecule has 1 aromatic heterocycles. The monoisotopic (exact) mass is 392 g/mol. The van der Waals surface area contributed by atoms with Gasteiger partial charge in [-0.25, -0.2) is 9.97 Å². The van der Waals surface area contributed by atoms with Crippen molar-refractivity contribution in [3.63, 3.8) is 0 Å². The fourth-order valence-corrected chi connectivity index (χ4v) is 4.85. The zero-order chi connectivity index (χ0) is 19.6. The molecule has 0 amide bonds. The molecule has 4 heterocycles. The van der Waals surface area contributed by atoms with Crippen molar-refractivity contribution in [2.24, 2.45) is 0 Å². The van der Waals surface area contributed by atoms with Gasteiger partial charge in [0.05, 0.1) is 18.9 Å². The molecule has 2 bridgehead atoms. The first-order valence-electron chi connectivity index (χ1n) is 10.6. The first-order valence-corrected chi connectivity index (χ1v) is 10.6. The van der Waals surface area contributed by atoms with Gasteiger partial charge in [-0.05, 0) is 18.9 Å². The second kappa shape index (κ2) is 8.13. The summed E-state index contributed by atoms with van der Waals surface area (Å²) in [4.78, 5) is 14.6. The number of anilines is 1. The van der Waals surface area contributed by atoms with Crippen molar-refractivity contribution in [2.45, 2.75) is 37.9 Å². The van der Waals surface area contributed by atoms with Gasteiger partial charge in [-0.2, -0.15) is 0 Å². The number of rotatable bonds is 6. The summed E-state index contributed by atoms with van der Waals surface area (Å²) in [6, 6.07) is 9.28. The van der Waals surface area contributed by atoms with Crippen molar-refractivity contribution in [1.29, 1.82) is 0 Å². The van der Waals surface area contributed by atoms with Gasteiger partial charge in [0.25, 0.3) is 0 Å². The van der Waals surface area contributed by atoms with Crippen LogP contribution in [-0.4, -0.2) is 53.8 Å². The molecule has 0 N–H and O–H groups in total. The first kappa shape index (κ1) is 18.6. The van der Waals surface area contributed by atoms with Crippen molar-refractivity contribution in [2.75, 3.05) is 37.8 Å². The third kappa shape index (κ3) is 3.63. The Morgan fingerprint density at radius 3 is 2.93 bits per heavy atom. The minimum atomic E-state index is 0.398. The highest BCUT2D eigenvalue weighted by Gasteiger charge is 2.41. The first-order chi connectivity index (χ1) is 14.3. The zero-order valence-corrected chi connectivity index (χ0v) is 16.8. The second-order valence-electron chi connectivity index (χ2n) is 8.00. The molecule has 3 aliphatic heterocycles. The summed E-state index contributed by atoms with van der Waals surface area (Å²) >= 11 is 0. The summed E-state index contributed by atoms with van der Waals surface area (Å²) in [5.74, 6) is 1.82. The maximum atomic E-state index is 5.89. The lowest BCUT2D eigenvalue weighted by Crippen LogP contribution is -2.40. The molecule has 0 saturated carbocycles. The predicted molar refractivity (Wildman–Crippen MR) is 112 cm³/mol. The minimum absolute atomic E-state index is 0.398. The van der Waals surface area contributed by atoms with Crippen LogP contribution < -0.4 is 9.64 Å². The van der Waals surface area contributed by atoms with E-state index in [1.54, 1.807) is 6.08 Å². The largest absolute Gasteiger partial charge is 0.489 e. The van der Waals surface area contributed by atoms with Gasteiger partial charge in [-0.1, -0.05) is 30.9 Å². The number of hydrogen-bond acceptors (Lipinski definition) is 6. The van der Waals surface area contributed by atoms with Crippen LogP contribution in [0.1, 0.15) is 35.7 Å². The third-order valence-corrected chi connectivity index (χ3v) is 6.29. The predicted octanol–water partition coefficient (Wildman–Crippen LogP) is 3.14. The van der Waals surface area contributed by atoms with Gasteiger partial charge in [-0.3, -0.25) is 4.90 Å². The molecule has 3 aliphatic rings. The van der Waals surface area contributed by atoms with E-state index < -0.39 is 0 Å². The fourth-order valence-electron chi connectivity index (χ4n) is 4.85. The second-order valence-corrected chi connectivity index (χ2v) is 8.00. The van der Waals surface area contributed by atoms with Crippen molar-refractivity contribution in [3.05, 3.63) is 59.9 Å². The molecule has 0 radical (unpaired) electrons. The Kier molecular flexibility index (Phi) is 5.21. The number of ether oxygens (including phenoxy) is 2. The van der Waals surface area contributed by atoms with E-state index in [0.717, 1.165) is 51.0 Å². The average molecular weight is 393 g/mol. The van der Waals surface area contributed by atoms with Crippen LogP contribution in [0.2, 0.25) is 0 Å². The Labute approximate surface area is 172 Å². The number of benzene rings is 1. The maximum Gasteiger partial charge on any atom is 0.225 e. The molecule has 6 heteroatoms. The van der Waals surface area contributed by atoms with Gasteiger partial charge in [0, 0.05) is 55.5 Å². The summed E-state index contributed by atoms with van der Waals surface area (Å²) in [6.45, 7) is 8.45. The molecule has 152 valence electrons. The summed E-state index contributed by atoms with van der Waals surface area (Å²) < 4.78 is 11.3. The molecule has 2 saturated heterocycles. The number of fused-ring (bicyclic) bond motifs is 4. The Morgan fingerprint density at radius 1 is 1.21 bits per heavy atom. The molecule has 29 heavy (non-hydrogen) atoms. The van der Waals surface area contributed by atoms with Crippen LogP contribution in [0.15, 0.2) is 43.1 Å². The molecular formula is C23H28N4O2. The van der Waals surface area contributed by atoms with E-state index in [4.69, 9.17) is 19.4 Å². The van der Waals surface area contributed by atoms with Gasteiger partial charge in [0.15, 0.2) is 0 Å². The molecule has 2 fully saturated rings. The van der Waals surface area contributed by atoms with Gasteiger partial charge >= 0.3 is 0 Å². The van der Waals surface area contributed by atoms with Gasteiger partial charge in [0.1, 0.15) is 12.4 Å². The van der Waals surface area contributed by atoms with Crippen LogP contribution in [0.5, 0.6) is 5.75 Å². The lowest BCUT2D eigenvalue weighted by atomic mass is 9.98. The third-order valence-electron chi connectivity index (χ3n) is 6.29. The molecule has 0 aliphatic carbocycles. The molecule has 2 atom stereocenters. The molecule has 6 nitrogen and oxygen atoms in total. The van der Waals surface area contributed by atoms with Gasteiger partial charge < -0.3 is 14.4 Å². The lowest BCUT2D eigenvalue weighted by molar-refractivity contribution is 0.122. The summed E-state index contributed by atoms with van der Waals surface area (Å²) in [5, 5.41) is 0. The number of hydrogen-bond donors (Lipinski definition) is 0. The smallest absolute Gasteiger partial charge is 0.225 e. The zero-order valence-electron chi connectivity index (χ0n) is 16.8. The number of para-hydroxylation sites is 1. The van der Waals surface area contributed by atoms with E-state index in [-0.39, 0.29) is 0 Å². The van der Waals surface area contributed by atoms with Crippen LogP contribution >= 0.6 is 0 Å². The van der Waals surface area contributed by atoms with E-state index in [1.807, 2.05) is 6.07 Å². The fraction of sp³-hybridized carbons (Fsp3) is 0.478. The van der Waals surface area contributed by atoms with Crippen LogP contribution in [0, 0.1) is 0 Å². The van der Waals surface area contributed by atoms with E-state index in [2.05, 4.69) is 40.8 Å². The van der Waals surface area contributed by atoms with Crippen molar-refractivity contribution in [3.8, 4) is 5.75 Å². The van der Waals surface area contributed by atoms with Crippen LogP contribution in [0.4, 0.5) is 5.95 Å². The Morgan fingerprint density at radius 2 is 2.07 bits per heavy atom. The molecule has 1 aromatic carbocycles. The summed E-state index contributed by atoms with van der Waals surface area (Å²) in [6.07, 6.45) is 7.26.